The summed E-state index contributed by atoms with van der Waals surface area (Å²) in [4.78, 5) is 15.3. The molecule has 1 aromatic carbocycles. The number of aromatic nitrogens is 4. The molecule has 1 aliphatic rings. The SMILES string of the molecule is O=C(N[C@H]1CCN(c2ccc3nncn3n2)C1)c1cc2cc(F)ccc2s1. The van der Waals surface area contributed by atoms with Gasteiger partial charge in [0, 0.05) is 23.8 Å². The van der Waals surface area contributed by atoms with E-state index in [1.165, 1.54) is 23.5 Å². The van der Waals surface area contributed by atoms with Crippen LogP contribution in [0.2, 0.25) is 0 Å². The van der Waals surface area contributed by atoms with Crippen molar-refractivity contribution in [3.8, 4) is 0 Å². The van der Waals surface area contributed by atoms with E-state index in [9.17, 15) is 9.18 Å². The van der Waals surface area contributed by atoms with Crippen LogP contribution in [0.25, 0.3) is 15.7 Å². The minimum Gasteiger partial charge on any atom is -0.353 e. The summed E-state index contributed by atoms with van der Waals surface area (Å²) >= 11 is 1.38. The van der Waals surface area contributed by atoms with Crippen LogP contribution in [0, 0.1) is 5.82 Å². The Balaban J connectivity index is 1.28. The molecule has 7 nitrogen and oxygen atoms in total. The van der Waals surface area contributed by atoms with Gasteiger partial charge in [0.25, 0.3) is 5.91 Å². The molecule has 4 heterocycles. The van der Waals surface area contributed by atoms with Crippen LogP contribution in [0.3, 0.4) is 0 Å². The summed E-state index contributed by atoms with van der Waals surface area (Å²) in [5, 5.41) is 16.1. The van der Waals surface area contributed by atoms with Crippen molar-refractivity contribution in [3.63, 3.8) is 0 Å². The quantitative estimate of drug-likeness (QED) is 0.589. The smallest absolute Gasteiger partial charge is 0.261 e. The van der Waals surface area contributed by atoms with Crippen LogP contribution < -0.4 is 10.2 Å². The maximum atomic E-state index is 13.3. The lowest BCUT2D eigenvalue weighted by Gasteiger charge is -2.17. The van der Waals surface area contributed by atoms with Crippen molar-refractivity contribution in [2.75, 3.05) is 18.0 Å². The van der Waals surface area contributed by atoms with Crippen LogP contribution in [-0.2, 0) is 0 Å². The molecule has 1 amide bonds. The predicted octanol–water partition coefficient (Wildman–Crippen LogP) is 2.49. The number of hydrogen-bond acceptors (Lipinski definition) is 6. The summed E-state index contributed by atoms with van der Waals surface area (Å²) in [7, 11) is 0. The van der Waals surface area contributed by atoms with E-state index in [0.717, 1.165) is 28.9 Å². The first-order chi connectivity index (χ1) is 13.2. The fourth-order valence-corrected chi connectivity index (χ4v) is 4.30. The van der Waals surface area contributed by atoms with E-state index in [0.29, 0.717) is 17.1 Å². The summed E-state index contributed by atoms with van der Waals surface area (Å²) in [5.74, 6) is 0.415. The van der Waals surface area contributed by atoms with Gasteiger partial charge in [0.1, 0.15) is 18.0 Å². The Morgan fingerprint density at radius 1 is 1.26 bits per heavy atom. The van der Waals surface area contributed by atoms with Crippen molar-refractivity contribution in [3.05, 3.63) is 53.4 Å². The Bertz CT molecular complexity index is 1160. The van der Waals surface area contributed by atoms with Gasteiger partial charge in [0.15, 0.2) is 5.65 Å². The van der Waals surface area contributed by atoms with E-state index < -0.39 is 0 Å². The second-order valence-electron chi connectivity index (χ2n) is 6.52. The molecule has 5 rings (SSSR count). The number of carbonyl (C=O) groups is 1. The van der Waals surface area contributed by atoms with Gasteiger partial charge in [-0.25, -0.2) is 4.39 Å². The highest BCUT2D eigenvalue weighted by Gasteiger charge is 2.26. The van der Waals surface area contributed by atoms with E-state index in [1.54, 1.807) is 23.0 Å². The monoisotopic (exact) mass is 382 g/mol. The number of anilines is 1. The summed E-state index contributed by atoms with van der Waals surface area (Å²) in [5.41, 5.74) is 0.698. The fraction of sp³-hybridized carbons (Fsp3) is 0.222. The number of thiophene rings is 1. The zero-order chi connectivity index (χ0) is 18.4. The first-order valence-corrected chi connectivity index (χ1v) is 9.39. The molecule has 1 fully saturated rings. The number of carbonyl (C=O) groups excluding carboxylic acids is 1. The molecular formula is C18H15FN6OS. The van der Waals surface area contributed by atoms with E-state index in [2.05, 4.69) is 25.5 Å². The molecule has 3 aromatic heterocycles. The van der Waals surface area contributed by atoms with Gasteiger partial charge in [0.2, 0.25) is 0 Å². The second-order valence-corrected chi connectivity index (χ2v) is 7.61. The van der Waals surface area contributed by atoms with E-state index in [1.807, 2.05) is 12.1 Å². The largest absolute Gasteiger partial charge is 0.353 e. The number of nitrogens with zero attached hydrogens (tertiary/aromatic N) is 5. The van der Waals surface area contributed by atoms with Crippen LogP contribution in [0.1, 0.15) is 16.1 Å². The van der Waals surface area contributed by atoms with E-state index in [-0.39, 0.29) is 17.8 Å². The van der Waals surface area contributed by atoms with Gasteiger partial charge in [-0.3, -0.25) is 4.79 Å². The van der Waals surface area contributed by atoms with Gasteiger partial charge >= 0.3 is 0 Å². The van der Waals surface area contributed by atoms with Crippen LogP contribution >= 0.6 is 11.3 Å². The van der Waals surface area contributed by atoms with E-state index in [4.69, 9.17) is 0 Å². The van der Waals surface area contributed by atoms with Gasteiger partial charge in [-0.15, -0.1) is 26.6 Å². The third-order valence-corrected chi connectivity index (χ3v) is 5.81. The summed E-state index contributed by atoms with van der Waals surface area (Å²) in [6.45, 7) is 1.50. The summed E-state index contributed by atoms with van der Waals surface area (Å²) in [6, 6.07) is 10.1. The molecule has 0 unspecified atom stereocenters. The third kappa shape index (κ3) is 2.99. The predicted molar refractivity (Wildman–Crippen MR) is 101 cm³/mol. The molecule has 4 aromatic rings. The van der Waals surface area contributed by atoms with Crippen molar-refractivity contribution in [2.45, 2.75) is 12.5 Å². The molecule has 0 bridgehead atoms. The number of benzene rings is 1. The molecule has 0 aliphatic carbocycles. The van der Waals surface area contributed by atoms with Gasteiger partial charge in [-0.05, 0) is 48.2 Å². The molecular weight excluding hydrogens is 367 g/mol. The molecule has 1 aliphatic heterocycles. The number of hydrogen-bond donors (Lipinski definition) is 1. The number of fused-ring (bicyclic) bond motifs is 2. The number of amides is 1. The minimum absolute atomic E-state index is 0.0397. The second kappa shape index (κ2) is 6.27. The first kappa shape index (κ1) is 16.1. The Morgan fingerprint density at radius 3 is 3.11 bits per heavy atom. The van der Waals surface area contributed by atoms with Crippen molar-refractivity contribution in [2.24, 2.45) is 0 Å². The lowest BCUT2D eigenvalue weighted by molar-refractivity contribution is 0.0944. The fourth-order valence-electron chi connectivity index (χ4n) is 3.36. The highest BCUT2D eigenvalue weighted by molar-refractivity contribution is 7.20. The van der Waals surface area contributed by atoms with Crippen LogP contribution in [0.5, 0.6) is 0 Å². The molecule has 0 saturated carbocycles. The Morgan fingerprint density at radius 2 is 2.19 bits per heavy atom. The highest BCUT2D eigenvalue weighted by atomic mass is 32.1. The first-order valence-electron chi connectivity index (χ1n) is 8.58. The van der Waals surface area contributed by atoms with Crippen molar-refractivity contribution in [1.82, 2.24) is 25.1 Å². The molecule has 1 atom stereocenters. The maximum absolute atomic E-state index is 13.3. The molecule has 27 heavy (non-hydrogen) atoms. The van der Waals surface area contributed by atoms with Crippen molar-refractivity contribution >= 4 is 38.8 Å². The van der Waals surface area contributed by atoms with Crippen molar-refractivity contribution in [1.29, 1.82) is 0 Å². The zero-order valence-electron chi connectivity index (χ0n) is 14.2. The molecule has 9 heteroatoms. The van der Waals surface area contributed by atoms with Crippen molar-refractivity contribution < 1.29 is 9.18 Å². The average molecular weight is 382 g/mol. The van der Waals surface area contributed by atoms with Crippen LogP contribution in [0.4, 0.5) is 10.2 Å². The van der Waals surface area contributed by atoms with Gasteiger partial charge in [-0.2, -0.15) is 4.52 Å². The van der Waals surface area contributed by atoms with Gasteiger partial charge < -0.3 is 10.2 Å². The molecule has 136 valence electrons. The number of rotatable bonds is 3. The summed E-state index contributed by atoms with van der Waals surface area (Å²) < 4.78 is 15.9. The third-order valence-electron chi connectivity index (χ3n) is 4.70. The van der Waals surface area contributed by atoms with Crippen LogP contribution in [-0.4, -0.2) is 44.8 Å². The normalized spacial score (nSPS) is 17.1. The lowest BCUT2D eigenvalue weighted by atomic mass is 10.2. The molecule has 1 N–H and O–H groups in total. The minimum atomic E-state index is -0.295. The Hall–Kier alpha value is -3.07. The Kier molecular flexibility index (Phi) is 3.75. The standard InChI is InChI=1S/C18H15FN6OS/c19-12-1-2-14-11(7-12)8-15(27-14)18(26)21-13-5-6-24(9-13)17-4-3-16-22-20-10-25(16)23-17/h1-4,7-8,10,13H,5-6,9H2,(H,21,26)/t13-/m0/s1. The van der Waals surface area contributed by atoms with Crippen LogP contribution in [0.15, 0.2) is 42.7 Å². The molecule has 0 radical (unpaired) electrons. The lowest BCUT2D eigenvalue weighted by Crippen LogP contribution is -2.36. The number of nitrogens with one attached hydrogen (secondary N) is 1. The van der Waals surface area contributed by atoms with E-state index >= 15 is 0 Å². The van der Waals surface area contributed by atoms with Gasteiger partial charge in [0.05, 0.1) is 4.88 Å². The maximum Gasteiger partial charge on any atom is 0.261 e. The zero-order valence-corrected chi connectivity index (χ0v) is 15.0. The Labute approximate surface area is 157 Å². The van der Waals surface area contributed by atoms with Gasteiger partial charge in [-0.1, -0.05) is 0 Å². The molecule has 1 saturated heterocycles. The highest BCUT2D eigenvalue weighted by Crippen LogP contribution is 2.27. The number of halogens is 1. The molecule has 0 spiro atoms. The average Bonchev–Trinajstić information content (AvgIpc) is 3.39. The topological polar surface area (TPSA) is 75.4 Å². The summed E-state index contributed by atoms with van der Waals surface area (Å²) in [6.07, 6.45) is 2.41.